The van der Waals surface area contributed by atoms with Crippen molar-refractivity contribution in [2.24, 2.45) is 0 Å². The summed E-state index contributed by atoms with van der Waals surface area (Å²) in [5, 5.41) is -1.43. The third kappa shape index (κ3) is 6.05. The molecule has 1 N–H and O–H groups in total. The van der Waals surface area contributed by atoms with E-state index in [9.17, 15) is 9.46 Å². The highest BCUT2D eigenvalue weighted by molar-refractivity contribution is 7.48. The van der Waals surface area contributed by atoms with E-state index < -0.39 is 18.5 Å². The highest BCUT2D eigenvalue weighted by Gasteiger charge is 2.37. The largest absolute Gasteiger partial charge is 0.473 e. The van der Waals surface area contributed by atoms with Crippen molar-refractivity contribution in [3.63, 3.8) is 0 Å². The summed E-state index contributed by atoms with van der Waals surface area (Å²) < 4.78 is 22.1. The smallest absolute Gasteiger partial charge is 0.302 e. The molecule has 0 rings (SSSR count). The van der Waals surface area contributed by atoms with Gasteiger partial charge in [0.15, 0.2) is 0 Å². The first-order valence-corrected chi connectivity index (χ1v) is 8.07. The lowest BCUT2D eigenvalue weighted by Crippen LogP contribution is -2.25. The summed E-state index contributed by atoms with van der Waals surface area (Å²) in [5.41, 5.74) is 0. The maximum atomic E-state index is 11.8. The van der Waals surface area contributed by atoms with E-state index in [2.05, 4.69) is 18.5 Å². The molecular formula is C9H23O4P3. The zero-order valence-corrected chi connectivity index (χ0v) is 13.6. The van der Waals surface area contributed by atoms with Gasteiger partial charge in [-0.3, -0.25) is 9.05 Å². The third-order valence-corrected chi connectivity index (χ3v) is 5.62. The van der Waals surface area contributed by atoms with Crippen LogP contribution in [0.5, 0.6) is 0 Å². The molecule has 98 valence electrons. The molecule has 4 atom stereocenters. The lowest BCUT2D eigenvalue weighted by Gasteiger charge is -2.32. The minimum Gasteiger partial charge on any atom is -0.302 e. The standard InChI is InChI=1S/C9H23O4P3/c1-5-8(4,14)12-16(10,11)13-9(15,6-2)7-3/h5-7,14-15H2,1-4H3,(H,10,11). The Labute approximate surface area is 103 Å². The van der Waals surface area contributed by atoms with Crippen molar-refractivity contribution in [1.82, 2.24) is 0 Å². The van der Waals surface area contributed by atoms with Gasteiger partial charge < -0.3 is 4.89 Å². The van der Waals surface area contributed by atoms with Gasteiger partial charge in [0.25, 0.3) is 0 Å². The van der Waals surface area contributed by atoms with Crippen LogP contribution >= 0.6 is 26.3 Å². The second-order valence-electron chi connectivity index (χ2n) is 4.09. The molecule has 0 bridgehead atoms. The Morgan fingerprint density at radius 3 is 1.88 bits per heavy atom. The second-order valence-corrected chi connectivity index (χ2v) is 7.66. The molecule has 0 aliphatic carbocycles. The number of rotatable bonds is 7. The van der Waals surface area contributed by atoms with Crippen molar-refractivity contribution in [2.75, 3.05) is 0 Å². The molecule has 0 aromatic rings. The molecule has 16 heavy (non-hydrogen) atoms. The quantitative estimate of drug-likeness (QED) is 0.728. The maximum absolute atomic E-state index is 11.8. The van der Waals surface area contributed by atoms with Crippen LogP contribution in [0.3, 0.4) is 0 Å². The first-order valence-electron chi connectivity index (χ1n) is 5.42. The zero-order valence-electron chi connectivity index (χ0n) is 10.4. The normalized spacial score (nSPS) is 20.2. The summed E-state index contributed by atoms with van der Waals surface area (Å²) in [7, 11) is 0.864. The highest BCUT2D eigenvalue weighted by atomic mass is 31.2. The topological polar surface area (TPSA) is 55.8 Å². The van der Waals surface area contributed by atoms with Gasteiger partial charge in [0.05, 0.1) is 10.7 Å². The fourth-order valence-electron chi connectivity index (χ4n) is 0.956. The highest BCUT2D eigenvalue weighted by Crippen LogP contribution is 2.55. The zero-order chi connectivity index (χ0) is 13.0. The number of phosphoric ester groups is 1. The summed E-state index contributed by atoms with van der Waals surface area (Å²) in [6.07, 6.45) is 1.86. The lowest BCUT2D eigenvalue weighted by atomic mass is 10.2. The Hall–Kier alpha value is 0.970. The first-order chi connectivity index (χ1) is 7.10. The van der Waals surface area contributed by atoms with Crippen LogP contribution in [0.4, 0.5) is 0 Å². The minimum absolute atomic E-state index is 0.605. The molecule has 0 aromatic heterocycles. The average Bonchev–Trinajstić information content (AvgIpc) is 2.15. The Kier molecular flexibility index (Phi) is 6.61. The van der Waals surface area contributed by atoms with E-state index in [4.69, 9.17) is 9.05 Å². The number of hydrogen-bond donors (Lipinski definition) is 1. The van der Waals surface area contributed by atoms with E-state index in [1.165, 1.54) is 0 Å². The van der Waals surface area contributed by atoms with Crippen molar-refractivity contribution >= 4 is 26.3 Å². The Morgan fingerprint density at radius 1 is 1.12 bits per heavy atom. The molecule has 0 radical (unpaired) electrons. The second kappa shape index (κ2) is 6.23. The van der Waals surface area contributed by atoms with Crippen molar-refractivity contribution in [3.05, 3.63) is 0 Å². The maximum Gasteiger partial charge on any atom is 0.473 e. The van der Waals surface area contributed by atoms with E-state index in [1.807, 2.05) is 20.8 Å². The first kappa shape index (κ1) is 17.0. The van der Waals surface area contributed by atoms with Gasteiger partial charge in [-0.1, -0.05) is 20.8 Å². The van der Waals surface area contributed by atoms with Gasteiger partial charge >= 0.3 is 7.82 Å². The van der Waals surface area contributed by atoms with Gasteiger partial charge in [-0.2, -0.15) is 0 Å². The molecule has 0 fully saturated rings. The van der Waals surface area contributed by atoms with Crippen molar-refractivity contribution in [2.45, 2.75) is 57.6 Å². The molecule has 0 amide bonds. The molecular weight excluding hydrogens is 265 g/mol. The van der Waals surface area contributed by atoms with Gasteiger partial charge in [0.1, 0.15) is 0 Å². The van der Waals surface area contributed by atoms with Crippen LogP contribution in [0.2, 0.25) is 0 Å². The Morgan fingerprint density at radius 2 is 1.56 bits per heavy atom. The van der Waals surface area contributed by atoms with Crippen LogP contribution < -0.4 is 0 Å². The SMILES string of the molecule is CCC(C)(P)OP(=O)(O)OC(P)(CC)CC. The van der Waals surface area contributed by atoms with Gasteiger partial charge in [-0.15, -0.1) is 18.5 Å². The van der Waals surface area contributed by atoms with E-state index in [0.717, 1.165) is 0 Å². The molecule has 7 heteroatoms. The van der Waals surface area contributed by atoms with Crippen LogP contribution in [-0.2, 0) is 13.6 Å². The summed E-state index contributed by atoms with van der Waals surface area (Å²) in [4.78, 5) is 9.66. The summed E-state index contributed by atoms with van der Waals surface area (Å²) in [6, 6.07) is 0. The van der Waals surface area contributed by atoms with Crippen LogP contribution in [0.25, 0.3) is 0 Å². The van der Waals surface area contributed by atoms with Crippen LogP contribution in [-0.4, -0.2) is 15.6 Å². The molecule has 0 aromatic carbocycles. The van der Waals surface area contributed by atoms with Gasteiger partial charge in [0.2, 0.25) is 0 Å². The van der Waals surface area contributed by atoms with Crippen LogP contribution in [0.1, 0.15) is 47.0 Å². The van der Waals surface area contributed by atoms with E-state index in [1.54, 1.807) is 6.92 Å². The number of hydrogen-bond acceptors (Lipinski definition) is 3. The molecule has 4 nitrogen and oxygen atoms in total. The molecule has 0 saturated heterocycles. The van der Waals surface area contributed by atoms with Crippen molar-refractivity contribution in [1.29, 1.82) is 0 Å². The van der Waals surface area contributed by atoms with E-state index >= 15 is 0 Å². The summed E-state index contributed by atoms with van der Waals surface area (Å²) in [5.74, 6) is 0. The average molecular weight is 288 g/mol. The molecule has 0 saturated carbocycles. The fraction of sp³-hybridized carbons (Fsp3) is 1.00. The Bertz CT molecular complexity index is 263. The predicted molar refractivity (Wildman–Crippen MR) is 73.4 cm³/mol. The molecule has 0 aliphatic rings. The van der Waals surface area contributed by atoms with Gasteiger partial charge in [-0.25, -0.2) is 4.57 Å². The molecule has 0 heterocycles. The van der Waals surface area contributed by atoms with Gasteiger partial charge in [-0.05, 0) is 26.2 Å². The predicted octanol–water partition coefficient (Wildman–Crippen LogP) is 3.51. The van der Waals surface area contributed by atoms with Crippen LogP contribution in [0, 0.1) is 0 Å². The molecule has 0 aliphatic heterocycles. The Balaban J connectivity index is 4.64. The van der Waals surface area contributed by atoms with E-state index in [-0.39, 0.29) is 0 Å². The summed E-state index contributed by atoms with van der Waals surface area (Å²) >= 11 is 0. The summed E-state index contributed by atoms with van der Waals surface area (Å²) in [6.45, 7) is 7.40. The monoisotopic (exact) mass is 288 g/mol. The van der Waals surface area contributed by atoms with E-state index in [0.29, 0.717) is 19.3 Å². The fourth-order valence-corrected chi connectivity index (χ4v) is 3.17. The van der Waals surface area contributed by atoms with Crippen molar-refractivity contribution < 1.29 is 18.5 Å². The van der Waals surface area contributed by atoms with Crippen LogP contribution in [0.15, 0.2) is 0 Å². The third-order valence-electron chi connectivity index (χ3n) is 2.52. The minimum atomic E-state index is -4.03. The molecule has 4 unspecified atom stereocenters. The number of phosphoric acid groups is 1. The van der Waals surface area contributed by atoms with Gasteiger partial charge in [0, 0.05) is 0 Å². The molecule has 0 spiro atoms. The lowest BCUT2D eigenvalue weighted by molar-refractivity contribution is 0.0475. The van der Waals surface area contributed by atoms with Crippen molar-refractivity contribution in [3.8, 4) is 0 Å².